The first kappa shape index (κ1) is 21.6. The van der Waals surface area contributed by atoms with Crippen molar-refractivity contribution in [1.82, 2.24) is 15.5 Å². The Bertz CT molecular complexity index is 461. The summed E-state index contributed by atoms with van der Waals surface area (Å²) in [4.78, 5) is 6.90. The molecule has 0 atom stereocenters. The van der Waals surface area contributed by atoms with E-state index in [2.05, 4.69) is 33.7 Å². The minimum atomic E-state index is -2.87. The van der Waals surface area contributed by atoms with E-state index in [0.29, 0.717) is 12.6 Å². The summed E-state index contributed by atoms with van der Waals surface area (Å²) >= 11 is 1.88. The number of likely N-dealkylation sites (tertiary alicyclic amines) is 1. The maximum atomic E-state index is 11.3. The van der Waals surface area contributed by atoms with Gasteiger partial charge in [0.15, 0.2) is 5.96 Å². The number of hydrogen-bond acceptors (Lipinski definition) is 5. The van der Waals surface area contributed by atoms with Gasteiger partial charge in [0.25, 0.3) is 0 Å². The SMILES string of the molecule is CCNC(=NCCCCSC)NC1CCN(CCS(C)(=O)=O)CC1. The van der Waals surface area contributed by atoms with Gasteiger partial charge in [-0.25, -0.2) is 8.42 Å². The third-order valence-corrected chi connectivity index (χ3v) is 5.70. The molecule has 0 aliphatic carbocycles. The average Bonchev–Trinajstić information content (AvgIpc) is 2.53. The Hall–Kier alpha value is -0.470. The Balaban J connectivity index is 2.31. The van der Waals surface area contributed by atoms with E-state index < -0.39 is 9.84 Å². The van der Waals surface area contributed by atoms with Gasteiger partial charge in [-0.2, -0.15) is 11.8 Å². The Kier molecular flexibility index (Phi) is 10.8. The van der Waals surface area contributed by atoms with Crippen molar-refractivity contribution in [3.8, 4) is 0 Å². The fraction of sp³-hybridized carbons (Fsp3) is 0.938. The number of unbranched alkanes of at least 4 members (excludes halogenated alkanes) is 1. The minimum absolute atomic E-state index is 0.255. The number of sulfone groups is 1. The fourth-order valence-electron chi connectivity index (χ4n) is 2.66. The lowest BCUT2D eigenvalue weighted by Gasteiger charge is -2.32. The first-order valence-electron chi connectivity index (χ1n) is 8.88. The number of guanidine groups is 1. The van der Waals surface area contributed by atoms with Crippen molar-refractivity contribution < 1.29 is 8.42 Å². The molecular formula is C16H34N4O2S2. The van der Waals surface area contributed by atoms with Crippen LogP contribution >= 0.6 is 11.8 Å². The average molecular weight is 379 g/mol. The van der Waals surface area contributed by atoms with E-state index in [0.717, 1.165) is 51.4 Å². The molecule has 2 N–H and O–H groups in total. The van der Waals surface area contributed by atoms with Gasteiger partial charge in [0.1, 0.15) is 9.84 Å². The van der Waals surface area contributed by atoms with Gasteiger partial charge in [-0.3, -0.25) is 4.99 Å². The molecule has 0 saturated carbocycles. The highest BCUT2D eigenvalue weighted by atomic mass is 32.2. The predicted octanol–water partition coefficient (Wildman–Crippen LogP) is 1.19. The van der Waals surface area contributed by atoms with E-state index in [1.54, 1.807) is 0 Å². The maximum Gasteiger partial charge on any atom is 0.191 e. The van der Waals surface area contributed by atoms with Crippen LogP contribution in [0, 0.1) is 0 Å². The highest BCUT2D eigenvalue weighted by Gasteiger charge is 2.20. The number of aliphatic imine (C=N–C) groups is 1. The Morgan fingerprint density at radius 3 is 2.58 bits per heavy atom. The van der Waals surface area contributed by atoms with Crippen molar-refractivity contribution in [2.75, 3.05) is 56.7 Å². The van der Waals surface area contributed by atoms with Crippen molar-refractivity contribution in [1.29, 1.82) is 0 Å². The van der Waals surface area contributed by atoms with Crippen LogP contribution in [0.1, 0.15) is 32.6 Å². The number of thioether (sulfide) groups is 1. The molecule has 0 aromatic heterocycles. The van der Waals surface area contributed by atoms with E-state index in [1.807, 2.05) is 11.8 Å². The lowest BCUT2D eigenvalue weighted by atomic mass is 10.1. The molecule has 0 spiro atoms. The zero-order valence-electron chi connectivity index (χ0n) is 15.4. The van der Waals surface area contributed by atoms with E-state index in [9.17, 15) is 8.42 Å². The molecule has 1 aliphatic rings. The van der Waals surface area contributed by atoms with E-state index in [1.165, 1.54) is 18.4 Å². The highest BCUT2D eigenvalue weighted by Crippen LogP contribution is 2.10. The van der Waals surface area contributed by atoms with Crippen molar-refractivity contribution in [2.24, 2.45) is 4.99 Å². The Morgan fingerprint density at radius 2 is 2.00 bits per heavy atom. The topological polar surface area (TPSA) is 73.8 Å². The monoisotopic (exact) mass is 378 g/mol. The van der Waals surface area contributed by atoms with E-state index in [-0.39, 0.29) is 5.75 Å². The molecule has 1 heterocycles. The van der Waals surface area contributed by atoms with Gasteiger partial charge in [-0.05, 0) is 44.6 Å². The summed E-state index contributed by atoms with van der Waals surface area (Å²) in [6, 6.07) is 0.420. The van der Waals surface area contributed by atoms with Crippen molar-refractivity contribution >= 4 is 27.6 Å². The zero-order valence-corrected chi connectivity index (χ0v) is 17.0. The molecule has 1 aliphatic heterocycles. The molecule has 0 radical (unpaired) electrons. The largest absolute Gasteiger partial charge is 0.357 e. The Labute approximate surface area is 152 Å². The molecule has 0 aromatic rings. The lowest BCUT2D eigenvalue weighted by Crippen LogP contribution is -2.49. The van der Waals surface area contributed by atoms with Crippen LogP contribution in [0.5, 0.6) is 0 Å². The van der Waals surface area contributed by atoms with Gasteiger partial charge in [0, 0.05) is 45.0 Å². The summed E-state index contributed by atoms with van der Waals surface area (Å²) in [5.41, 5.74) is 0. The summed E-state index contributed by atoms with van der Waals surface area (Å²) < 4.78 is 22.5. The van der Waals surface area contributed by atoms with Gasteiger partial charge in [-0.15, -0.1) is 0 Å². The second kappa shape index (κ2) is 12.0. The third-order valence-electron chi connectivity index (χ3n) is 4.08. The van der Waals surface area contributed by atoms with Crippen LogP contribution in [-0.4, -0.2) is 82.1 Å². The summed E-state index contributed by atoms with van der Waals surface area (Å²) in [7, 11) is -2.87. The summed E-state index contributed by atoms with van der Waals surface area (Å²) in [6.45, 7) is 6.35. The molecule has 24 heavy (non-hydrogen) atoms. The first-order chi connectivity index (χ1) is 11.4. The molecule has 0 unspecified atom stereocenters. The number of piperidine rings is 1. The predicted molar refractivity (Wildman–Crippen MR) is 106 cm³/mol. The smallest absolute Gasteiger partial charge is 0.191 e. The molecule has 1 rings (SSSR count). The highest BCUT2D eigenvalue weighted by molar-refractivity contribution is 7.98. The molecule has 0 amide bonds. The van der Waals surface area contributed by atoms with E-state index >= 15 is 0 Å². The molecule has 6 nitrogen and oxygen atoms in total. The number of nitrogens with one attached hydrogen (secondary N) is 2. The van der Waals surface area contributed by atoms with Crippen LogP contribution in [-0.2, 0) is 9.84 Å². The number of hydrogen-bond donors (Lipinski definition) is 2. The number of rotatable bonds is 10. The van der Waals surface area contributed by atoms with Crippen LogP contribution in [0.4, 0.5) is 0 Å². The minimum Gasteiger partial charge on any atom is -0.357 e. The van der Waals surface area contributed by atoms with Crippen LogP contribution in [0.2, 0.25) is 0 Å². The molecular weight excluding hydrogens is 344 g/mol. The molecule has 142 valence electrons. The molecule has 1 fully saturated rings. The summed E-state index contributed by atoms with van der Waals surface area (Å²) in [5.74, 6) is 2.37. The van der Waals surface area contributed by atoms with Crippen LogP contribution in [0.25, 0.3) is 0 Å². The maximum absolute atomic E-state index is 11.3. The van der Waals surface area contributed by atoms with Crippen molar-refractivity contribution in [3.63, 3.8) is 0 Å². The molecule has 0 aromatic carbocycles. The standard InChI is InChI=1S/C16H34N4O2S2/c1-4-17-16(18-9-5-6-13-23-2)19-15-7-10-20(11-8-15)12-14-24(3,21)22/h15H,4-14H2,1-3H3,(H2,17,18,19). The van der Waals surface area contributed by atoms with Crippen LogP contribution < -0.4 is 10.6 Å². The fourth-order valence-corrected chi connectivity index (χ4v) is 3.74. The van der Waals surface area contributed by atoms with Crippen molar-refractivity contribution in [3.05, 3.63) is 0 Å². The van der Waals surface area contributed by atoms with Crippen LogP contribution in [0.15, 0.2) is 4.99 Å². The van der Waals surface area contributed by atoms with Crippen molar-refractivity contribution in [2.45, 2.75) is 38.6 Å². The zero-order chi connectivity index (χ0) is 17.8. The quantitative estimate of drug-likeness (QED) is 0.338. The first-order valence-corrected chi connectivity index (χ1v) is 12.3. The van der Waals surface area contributed by atoms with Gasteiger partial charge < -0.3 is 15.5 Å². The normalized spacial score (nSPS) is 17.9. The number of nitrogens with zero attached hydrogens (tertiary/aromatic N) is 2. The molecule has 1 saturated heterocycles. The van der Waals surface area contributed by atoms with E-state index in [4.69, 9.17) is 0 Å². The van der Waals surface area contributed by atoms with Gasteiger partial charge in [0.2, 0.25) is 0 Å². The molecule has 8 heteroatoms. The summed E-state index contributed by atoms with van der Waals surface area (Å²) in [5, 5.41) is 6.85. The van der Waals surface area contributed by atoms with Gasteiger partial charge in [-0.1, -0.05) is 0 Å². The van der Waals surface area contributed by atoms with Gasteiger partial charge in [0.05, 0.1) is 5.75 Å². The van der Waals surface area contributed by atoms with Gasteiger partial charge >= 0.3 is 0 Å². The van der Waals surface area contributed by atoms with Crippen LogP contribution in [0.3, 0.4) is 0 Å². The lowest BCUT2D eigenvalue weighted by molar-refractivity contribution is 0.216. The molecule has 0 bridgehead atoms. The second-order valence-electron chi connectivity index (χ2n) is 6.35. The second-order valence-corrected chi connectivity index (χ2v) is 9.60. The third kappa shape index (κ3) is 10.4. The summed E-state index contributed by atoms with van der Waals surface area (Å²) in [6.07, 6.45) is 7.84. The Morgan fingerprint density at radius 1 is 1.29 bits per heavy atom.